The van der Waals surface area contributed by atoms with Gasteiger partial charge in [-0.3, -0.25) is 0 Å². The molecule has 8 nitrogen and oxygen atoms in total. The minimum atomic E-state index is -0.921. The molecule has 24 heavy (non-hydrogen) atoms. The van der Waals surface area contributed by atoms with Crippen LogP contribution in [0.2, 0.25) is 0 Å². The number of anilines is 1. The number of hydrogen-bond donors (Lipinski definition) is 0. The molecule has 0 saturated carbocycles. The molecule has 1 aromatic rings. The van der Waals surface area contributed by atoms with E-state index in [9.17, 15) is 14.5 Å². The van der Waals surface area contributed by atoms with E-state index in [-0.39, 0.29) is 17.2 Å². The van der Waals surface area contributed by atoms with Gasteiger partial charge in [0.2, 0.25) is 0 Å². The van der Waals surface area contributed by atoms with Crippen molar-refractivity contribution in [2.75, 3.05) is 4.90 Å². The Morgan fingerprint density at radius 2 is 1.46 bits per heavy atom. The molecule has 1 heterocycles. The molecule has 1 rings (SSSR count). The number of pyridine rings is 1. The van der Waals surface area contributed by atoms with E-state index >= 15 is 0 Å². The molecule has 0 atom stereocenters. The van der Waals surface area contributed by atoms with E-state index in [1.807, 2.05) is 0 Å². The van der Waals surface area contributed by atoms with Crippen molar-refractivity contribution in [3.63, 3.8) is 0 Å². The first kappa shape index (κ1) is 19.5. The second kappa shape index (κ2) is 6.94. The molecular formula is C16H23N3O5. The van der Waals surface area contributed by atoms with Crippen molar-refractivity contribution >= 4 is 23.7 Å². The zero-order valence-corrected chi connectivity index (χ0v) is 15.0. The van der Waals surface area contributed by atoms with Gasteiger partial charge in [0.05, 0.1) is 5.69 Å². The number of imide groups is 1. The van der Waals surface area contributed by atoms with Crippen molar-refractivity contribution in [2.24, 2.45) is 5.18 Å². The van der Waals surface area contributed by atoms with Crippen LogP contribution in [0.4, 0.5) is 21.1 Å². The van der Waals surface area contributed by atoms with Crippen molar-refractivity contribution in [1.82, 2.24) is 4.98 Å². The number of aromatic nitrogens is 1. The molecule has 8 heteroatoms. The lowest BCUT2D eigenvalue weighted by molar-refractivity contribution is 0.0429. The molecule has 0 aliphatic heterocycles. The first-order valence-corrected chi connectivity index (χ1v) is 7.41. The molecule has 132 valence electrons. The molecule has 2 amide bonds. The summed E-state index contributed by atoms with van der Waals surface area (Å²) < 4.78 is 10.5. The van der Waals surface area contributed by atoms with Crippen LogP contribution in [0.15, 0.2) is 17.3 Å². The summed E-state index contributed by atoms with van der Waals surface area (Å²) in [5.74, 6) is -0.0107. The Bertz CT molecular complexity index is 616. The van der Waals surface area contributed by atoms with Crippen molar-refractivity contribution in [1.29, 1.82) is 0 Å². The highest BCUT2D eigenvalue weighted by Crippen LogP contribution is 2.24. The zero-order valence-electron chi connectivity index (χ0n) is 15.0. The molecule has 0 spiro atoms. The quantitative estimate of drug-likeness (QED) is 0.739. The average Bonchev–Trinajstić information content (AvgIpc) is 2.34. The third-order valence-corrected chi connectivity index (χ3v) is 2.52. The third kappa shape index (κ3) is 5.60. The maximum absolute atomic E-state index is 12.4. The predicted octanol–water partition coefficient (Wildman–Crippen LogP) is 4.46. The first-order valence-electron chi connectivity index (χ1n) is 7.41. The maximum Gasteiger partial charge on any atom is 0.425 e. The summed E-state index contributed by atoms with van der Waals surface area (Å²) >= 11 is 0. The summed E-state index contributed by atoms with van der Waals surface area (Å²) in [5.41, 5.74) is -1.22. The SMILES string of the molecule is Cc1nc(N(C(=O)OC(C)(C)C)C(=O)OC(C)(C)C)ccc1N=O. The van der Waals surface area contributed by atoms with Gasteiger partial charge in [0.15, 0.2) is 0 Å². The topological polar surface area (TPSA) is 98.2 Å². The summed E-state index contributed by atoms with van der Waals surface area (Å²) in [4.78, 5) is 40.3. The summed E-state index contributed by atoms with van der Waals surface area (Å²) in [6.07, 6.45) is -1.84. The normalized spacial score (nSPS) is 11.6. The van der Waals surface area contributed by atoms with Crippen LogP contribution in [-0.2, 0) is 9.47 Å². The summed E-state index contributed by atoms with van der Waals surface area (Å²) in [6.45, 7) is 11.6. The summed E-state index contributed by atoms with van der Waals surface area (Å²) in [5, 5.41) is 2.82. The smallest absolute Gasteiger partial charge is 0.425 e. The fourth-order valence-electron chi connectivity index (χ4n) is 1.64. The number of amides is 2. The van der Waals surface area contributed by atoms with E-state index in [0.717, 1.165) is 0 Å². The summed E-state index contributed by atoms with van der Waals surface area (Å²) in [7, 11) is 0. The van der Waals surface area contributed by atoms with Crippen molar-refractivity contribution in [2.45, 2.75) is 59.7 Å². The molecule has 0 radical (unpaired) electrons. The van der Waals surface area contributed by atoms with Gasteiger partial charge in [-0.1, -0.05) is 0 Å². The number of rotatable bonds is 2. The van der Waals surface area contributed by atoms with E-state index in [1.165, 1.54) is 12.1 Å². The van der Waals surface area contributed by atoms with E-state index in [0.29, 0.717) is 4.90 Å². The lowest BCUT2D eigenvalue weighted by atomic mass is 10.2. The van der Waals surface area contributed by atoms with Gasteiger partial charge < -0.3 is 9.47 Å². The Labute approximate surface area is 141 Å². The first-order chi connectivity index (χ1) is 10.8. The second-order valence-corrected chi connectivity index (χ2v) is 7.16. The highest BCUT2D eigenvalue weighted by molar-refractivity contribution is 6.08. The molecule has 0 fully saturated rings. The zero-order chi connectivity index (χ0) is 18.7. The second-order valence-electron chi connectivity index (χ2n) is 7.16. The van der Waals surface area contributed by atoms with Crippen LogP contribution in [0.5, 0.6) is 0 Å². The van der Waals surface area contributed by atoms with Gasteiger partial charge in [0.25, 0.3) is 0 Å². The van der Waals surface area contributed by atoms with E-state index < -0.39 is 23.4 Å². The number of carbonyl (C=O) groups is 2. The number of aryl methyl sites for hydroxylation is 1. The lowest BCUT2D eigenvalue weighted by Gasteiger charge is -2.28. The van der Waals surface area contributed by atoms with E-state index in [1.54, 1.807) is 48.5 Å². The van der Waals surface area contributed by atoms with Gasteiger partial charge in [-0.2, -0.15) is 4.90 Å². The fourth-order valence-corrected chi connectivity index (χ4v) is 1.64. The van der Waals surface area contributed by atoms with Crippen LogP contribution in [0, 0.1) is 11.8 Å². The van der Waals surface area contributed by atoms with Crippen LogP contribution in [0.1, 0.15) is 47.2 Å². The van der Waals surface area contributed by atoms with E-state index in [4.69, 9.17) is 9.47 Å². The fraction of sp³-hybridized carbons (Fsp3) is 0.562. The van der Waals surface area contributed by atoms with Crippen LogP contribution in [-0.4, -0.2) is 28.4 Å². The Morgan fingerprint density at radius 3 is 1.79 bits per heavy atom. The van der Waals surface area contributed by atoms with Gasteiger partial charge in [0.1, 0.15) is 22.7 Å². The summed E-state index contributed by atoms with van der Waals surface area (Å²) in [6, 6.07) is 2.70. The van der Waals surface area contributed by atoms with Crippen LogP contribution in [0.3, 0.4) is 0 Å². The molecule has 1 aromatic heterocycles. The minimum absolute atomic E-state index is 0.0107. The number of ether oxygens (including phenoxy) is 2. The van der Waals surface area contributed by atoms with Crippen LogP contribution < -0.4 is 4.90 Å². The molecule has 0 unspecified atom stereocenters. The van der Waals surface area contributed by atoms with Crippen molar-refractivity contribution in [3.8, 4) is 0 Å². The number of nitroso groups, excluding NO2 is 1. The largest absolute Gasteiger partial charge is 0.443 e. The van der Waals surface area contributed by atoms with Gasteiger partial charge in [-0.25, -0.2) is 14.6 Å². The Kier molecular flexibility index (Phi) is 5.65. The average molecular weight is 337 g/mol. The molecule has 0 saturated heterocycles. The molecule has 0 aliphatic rings. The number of nitrogens with zero attached hydrogens (tertiary/aromatic N) is 3. The van der Waals surface area contributed by atoms with Crippen molar-refractivity contribution in [3.05, 3.63) is 22.7 Å². The number of hydrogen-bond acceptors (Lipinski definition) is 7. The Hall–Kier alpha value is -2.51. The molecule has 0 bridgehead atoms. The van der Waals surface area contributed by atoms with Crippen molar-refractivity contribution < 1.29 is 19.1 Å². The lowest BCUT2D eigenvalue weighted by Crippen LogP contribution is -2.44. The number of carbonyl (C=O) groups excluding carboxylic acids is 2. The highest BCUT2D eigenvalue weighted by Gasteiger charge is 2.33. The van der Waals surface area contributed by atoms with Crippen LogP contribution >= 0.6 is 0 Å². The maximum atomic E-state index is 12.4. The van der Waals surface area contributed by atoms with Gasteiger partial charge in [-0.15, -0.1) is 4.91 Å². The van der Waals surface area contributed by atoms with Gasteiger partial charge in [-0.05, 0) is 65.8 Å². The molecule has 0 N–H and O–H groups in total. The predicted molar refractivity (Wildman–Crippen MR) is 89.4 cm³/mol. The Balaban J connectivity index is 3.27. The van der Waals surface area contributed by atoms with Gasteiger partial charge in [0, 0.05) is 0 Å². The highest BCUT2D eigenvalue weighted by atomic mass is 16.6. The van der Waals surface area contributed by atoms with Crippen LogP contribution in [0.25, 0.3) is 0 Å². The van der Waals surface area contributed by atoms with E-state index in [2.05, 4.69) is 10.2 Å². The molecular weight excluding hydrogens is 314 g/mol. The molecule has 0 aliphatic carbocycles. The third-order valence-electron chi connectivity index (χ3n) is 2.52. The Morgan fingerprint density at radius 1 is 1.00 bits per heavy atom. The molecule has 0 aromatic carbocycles. The standard InChI is InChI=1S/C16H23N3O5/c1-10-11(18-22)8-9-12(17-10)19(13(20)23-15(2,3)4)14(21)24-16(5,6)7/h8-9H,1-7H3. The van der Waals surface area contributed by atoms with Gasteiger partial charge >= 0.3 is 12.2 Å². The minimum Gasteiger partial charge on any atom is -0.443 e. The monoisotopic (exact) mass is 337 g/mol.